The van der Waals surface area contributed by atoms with Crippen LogP contribution >= 0.6 is 0 Å². The van der Waals surface area contributed by atoms with Crippen molar-refractivity contribution < 1.29 is 28.2 Å². The van der Waals surface area contributed by atoms with Crippen molar-refractivity contribution in [3.63, 3.8) is 0 Å². The van der Waals surface area contributed by atoms with Crippen LogP contribution in [0.3, 0.4) is 0 Å². The molecule has 7 heteroatoms. The molecule has 0 spiro atoms. The van der Waals surface area contributed by atoms with Crippen LogP contribution in [0.25, 0.3) is 11.1 Å². The number of ether oxygens (including phenoxy) is 2. The molecule has 0 unspecified atom stereocenters. The van der Waals surface area contributed by atoms with Gasteiger partial charge in [-0.15, -0.1) is 0 Å². The lowest BCUT2D eigenvalue weighted by atomic mass is 10.0. The maximum atomic E-state index is 15.3. The van der Waals surface area contributed by atoms with Crippen molar-refractivity contribution in [1.82, 2.24) is 0 Å². The van der Waals surface area contributed by atoms with Crippen molar-refractivity contribution in [1.29, 1.82) is 0 Å². The topological polar surface area (TPSA) is 55.8 Å². The lowest BCUT2D eigenvalue weighted by Crippen LogP contribution is -2.43. The van der Waals surface area contributed by atoms with Gasteiger partial charge < -0.3 is 14.6 Å². The maximum Gasteiger partial charge on any atom is 0.308 e. The van der Waals surface area contributed by atoms with Crippen LogP contribution in [0.2, 0.25) is 19.1 Å². The summed E-state index contributed by atoms with van der Waals surface area (Å²) in [5.41, 5.74) is 1.28. The highest BCUT2D eigenvalue weighted by molar-refractivity contribution is 6.89. The van der Waals surface area contributed by atoms with Crippen molar-refractivity contribution in [2.45, 2.75) is 78.6 Å². The number of aliphatic hydroxyl groups excluding tert-OH is 1. The fourth-order valence-electron chi connectivity index (χ4n) is 3.94. The molecule has 0 fully saturated rings. The second-order valence-electron chi connectivity index (χ2n) is 9.99. The van der Waals surface area contributed by atoms with Gasteiger partial charge in [0.1, 0.15) is 12.4 Å². The predicted molar refractivity (Wildman–Crippen MR) is 140 cm³/mol. The average molecular weight is 507 g/mol. The van der Waals surface area contributed by atoms with Crippen molar-refractivity contribution in [3.8, 4) is 16.9 Å². The number of unbranched alkanes of at least 4 members (excludes halogenated alkanes) is 3. The molecule has 2 aromatic carbocycles. The third-order valence-corrected chi connectivity index (χ3v) is 9.69. The summed E-state index contributed by atoms with van der Waals surface area (Å²) in [4.78, 5) is 12.0. The highest BCUT2D eigenvalue weighted by Gasteiger charge is 2.29. The Morgan fingerprint density at radius 3 is 2.43 bits per heavy atom. The van der Waals surface area contributed by atoms with E-state index in [-0.39, 0.29) is 30.7 Å². The van der Waals surface area contributed by atoms with E-state index < -0.39 is 19.7 Å². The summed E-state index contributed by atoms with van der Waals surface area (Å²) >= 11 is 0. The Kier molecular flexibility index (Phi) is 11.4. The largest absolute Gasteiger partial charge is 0.493 e. The molecule has 35 heavy (non-hydrogen) atoms. The predicted octanol–water partition coefficient (Wildman–Crippen LogP) is 6.59. The molecule has 0 aliphatic rings. The summed E-state index contributed by atoms with van der Waals surface area (Å²) < 4.78 is 41.8. The Hall–Kier alpha value is -2.25. The van der Waals surface area contributed by atoms with Crippen LogP contribution in [0.15, 0.2) is 30.3 Å². The first-order valence-electron chi connectivity index (χ1n) is 12.6. The van der Waals surface area contributed by atoms with Gasteiger partial charge in [-0.1, -0.05) is 71.0 Å². The number of hydrogen-bond donors (Lipinski definition) is 1. The molecule has 0 bridgehead atoms. The summed E-state index contributed by atoms with van der Waals surface area (Å²) in [5, 5.41) is 9.44. The normalized spacial score (nSPS) is 11.7. The monoisotopic (exact) mass is 506 g/mol. The van der Waals surface area contributed by atoms with Gasteiger partial charge in [-0.05, 0) is 42.1 Å². The number of carbonyl (C=O) groups is 1. The van der Waals surface area contributed by atoms with Gasteiger partial charge in [0.2, 0.25) is 0 Å². The summed E-state index contributed by atoms with van der Waals surface area (Å²) in [6.45, 7) is 10.3. The minimum atomic E-state index is -2.09. The summed E-state index contributed by atoms with van der Waals surface area (Å²) in [6, 6.07) is 9.42. The van der Waals surface area contributed by atoms with Gasteiger partial charge in [-0.3, -0.25) is 4.79 Å². The van der Waals surface area contributed by atoms with Crippen LogP contribution in [0, 0.1) is 17.6 Å². The number of carbonyl (C=O) groups excluding carboxylic acids is 1. The van der Waals surface area contributed by atoms with Gasteiger partial charge >= 0.3 is 5.97 Å². The molecule has 2 aromatic rings. The van der Waals surface area contributed by atoms with E-state index in [2.05, 4.69) is 20.0 Å². The zero-order valence-electron chi connectivity index (χ0n) is 21.8. The molecule has 0 aromatic heterocycles. The van der Waals surface area contributed by atoms with E-state index in [9.17, 15) is 4.79 Å². The lowest BCUT2D eigenvalue weighted by Gasteiger charge is -2.24. The molecule has 4 nitrogen and oxygen atoms in total. The van der Waals surface area contributed by atoms with E-state index in [0.29, 0.717) is 35.1 Å². The molecule has 1 N–H and O–H groups in total. The zero-order valence-corrected chi connectivity index (χ0v) is 22.8. The molecule has 0 saturated heterocycles. The average Bonchev–Trinajstić information content (AvgIpc) is 2.83. The molecule has 0 radical (unpaired) electrons. The molecule has 0 heterocycles. The van der Waals surface area contributed by atoms with E-state index in [1.807, 2.05) is 0 Å². The second-order valence-corrected chi connectivity index (χ2v) is 14.8. The molecule has 2 rings (SSSR count). The van der Waals surface area contributed by atoms with Crippen LogP contribution in [0.5, 0.6) is 5.75 Å². The van der Waals surface area contributed by atoms with Crippen LogP contribution in [0.4, 0.5) is 8.78 Å². The van der Waals surface area contributed by atoms with E-state index in [1.165, 1.54) is 0 Å². The number of halogens is 2. The van der Waals surface area contributed by atoms with Gasteiger partial charge in [0.05, 0.1) is 20.6 Å². The number of benzene rings is 2. The number of hydrogen-bond acceptors (Lipinski definition) is 4. The van der Waals surface area contributed by atoms with E-state index in [4.69, 9.17) is 14.6 Å². The summed E-state index contributed by atoms with van der Waals surface area (Å²) in [6.07, 6.45) is 4.34. The van der Waals surface area contributed by atoms with Crippen molar-refractivity contribution in [3.05, 3.63) is 47.5 Å². The van der Waals surface area contributed by atoms with Gasteiger partial charge in [0.15, 0.2) is 11.6 Å². The van der Waals surface area contributed by atoms with E-state index in [0.717, 1.165) is 31.7 Å². The van der Waals surface area contributed by atoms with Crippen LogP contribution in [-0.2, 0) is 16.1 Å². The summed E-state index contributed by atoms with van der Waals surface area (Å²) in [5.74, 6) is -1.68. The smallest absolute Gasteiger partial charge is 0.308 e. The molecule has 0 amide bonds. The second kappa shape index (κ2) is 13.7. The quantitative estimate of drug-likeness (QED) is 0.178. The first-order chi connectivity index (χ1) is 16.6. The van der Waals surface area contributed by atoms with Gasteiger partial charge in [-0.2, -0.15) is 0 Å². The third kappa shape index (κ3) is 8.14. The Morgan fingerprint density at radius 1 is 1.03 bits per heavy atom. The Labute approximate surface area is 209 Å². The standard InChI is InChI=1S/C28H40F2O4Si/c1-6-7-17-35(4,5)25-14-12-23(26(29)27(25)30)21-11-13-24(33-16-10-8-9-15-31)22(18-21)19-34-28(32)20(2)3/h11-14,18,20,31H,6-10,15-17,19H2,1-5H3. The van der Waals surface area contributed by atoms with Crippen LogP contribution in [0.1, 0.15) is 58.4 Å². The molecule has 0 aliphatic heterocycles. The highest BCUT2D eigenvalue weighted by Crippen LogP contribution is 2.31. The minimum Gasteiger partial charge on any atom is -0.493 e. The number of aliphatic hydroxyl groups is 1. The number of rotatable bonds is 14. The Morgan fingerprint density at radius 2 is 1.77 bits per heavy atom. The van der Waals surface area contributed by atoms with Gasteiger partial charge in [-0.25, -0.2) is 8.78 Å². The van der Waals surface area contributed by atoms with Crippen molar-refractivity contribution in [2.24, 2.45) is 5.92 Å². The van der Waals surface area contributed by atoms with E-state index >= 15 is 8.78 Å². The molecule has 0 saturated carbocycles. The van der Waals surface area contributed by atoms with Crippen molar-refractivity contribution >= 4 is 19.2 Å². The molecule has 194 valence electrons. The Bertz CT molecular complexity index is 976. The SMILES string of the molecule is CCCC[Si](C)(C)c1ccc(-c2ccc(OCCCCCO)c(COC(=O)C(C)C)c2)c(F)c1F. The zero-order chi connectivity index (χ0) is 26.0. The first-order valence-corrected chi connectivity index (χ1v) is 15.8. The maximum absolute atomic E-state index is 15.3. The number of esters is 1. The molecule has 0 aliphatic carbocycles. The van der Waals surface area contributed by atoms with Crippen LogP contribution < -0.4 is 9.92 Å². The minimum absolute atomic E-state index is 0.0179. The van der Waals surface area contributed by atoms with Gasteiger partial charge in [0, 0.05) is 17.7 Å². The summed E-state index contributed by atoms with van der Waals surface area (Å²) in [7, 11) is -2.09. The van der Waals surface area contributed by atoms with E-state index in [1.54, 1.807) is 44.2 Å². The fraction of sp³-hybridized carbons (Fsp3) is 0.536. The lowest BCUT2D eigenvalue weighted by molar-refractivity contribution is -0.148. The highest BCUT2D eigenvalue weighted by atomic mass is 28.3. The third-order valence-electron chi connectivity index (χ3n) is 6.24. The fourth-order valence-corrected chi connectivity index (χ4v) is 6.68. The molecular formula is C28H40F2O4Si. The molecular weight excluding hydrogens is 466 g/mol. The Balaban J connectivity index is 2.35. The van der Waals surface area contributed by atoms with Gasteiger partial charge in [0.25, 0.3) is 0 Å². The molecule has 0 atom stereocenters. The van der Waals surface area contributed by atoms with Crippen LogP contribution in [-0.4, -0.2) is 32.4 Å². The van der Waals surface area contributed by atoms with Crippen molar-refractivity contribution in [2.75, 3.05) is 13.2 Å². The first kappa shape index (κ1) is 29.0.